The van der Waals surface area contributed by atoms with Crippen molar-refractivity contribution in [2.24, 2.45) is 0 Å². The highest BCUT2D eigenvalue weighted by Crippen LogP contribution is 2.28. The molecule has 0 atom stereocenters. The fourth-order valence-electron chi connectivity index (χ4n) is 2.22. The van der Waals surface area contributed by atoms with Crippen LogP contribution in [0.1, 0.15) is 30.0 Å². The van der Waals surface area contributed by atoms with E-state index in [1.807, 2.05) is 26.8 Å². The summed E-state index contributed by atoms with van der Waals surface area (Å²) in [5, 5.41) is 9.45. The normalized spacial score (nSPS) is 11.3. The Balaban J connectivity index is 1.83. The Kier molecular flexibility index (Phi) is 4.06. The van der Waals surface area contributed by atoms with Crippen LogP contribution in [0.25, 0.3) is 11.4 Å². The van der Waals surface area contributed by atoms with Crippen LogP contribution in [-0.4, -0.2) is 19.7 Å². The number of nitrogens with zero attached hydrogens (tertiary/aromatic N) is 4. The zero-order valence-electron chi connectivity index (χ0n) is 13.1. The van der Waals surface area contributed by atoms with Crippen molar-refractivity contribution in [3.05, 3.63) is 35.4 Å². The maximum Gasteiger partial charge on any atom is 0.205 e. The van der Waals surface area contributed by atoms with Gasteiger partial charge >= 0.3 is 0 Å². The molecule has 0 aromatic carbocycles. The van der Waals surface area contributed by atoms with E-state index < -0.39 is 0 Å². The van der Waals surface area contributed by atoms with E-state index in [0.29, 0.717) is 11.6 Å². The Bertz CT molecular complexity index is 768. The molecule has 0 saturated heterocycles. The Morgan fingerprint density at radius 3 is 2.59 bits per heavy atom. The van der Waals surface area contributed by atoms with Gasteiger partial charge in [-0.25, -0.2) is 4.98 Å². The van der Waals surface area contributed by atoms with Crippen LogP contribution in [0, 0.1) is 20.8 Å². The summed E-state index contributed by atoms with van der Waals surface area (Å²) in [6.07, 6.45) is 1.67. The lowest BCUT2D eigenvalue weighted by molar-refractivity contribution is 0.489. The maximum absolute atomic E-state index is 5.60. The minimum Gasteiger partial charge on any atom is -0.469 e. The molecule has 0 bridgehead atoms. The van der Waals surface area contributed by atoms with Gasteiger partial charge in [0.05, 0.1) is 23.3 Å². The summed E-state index contributed by atoms with van der Waals surface area (Å²) in [5.74, 6) is 3.89. The molecule has 0 aliphatic carbocycles. The van der Waals surface area contributed by atoms with Gasteiger partial charge in [0, 0.05) is 6.54 Å². The summed E-state index contributed by atoms with van der Waals surface area (Å²) in [6, 6.07) is 1.92. The van der Waals surface area contributed by atoms with E-state index in [1.54, 1.807) is 18.0 Å². The molecule has 6 nitrogen and oxygen atoms in total. The number of rotatable bonds is 5. The fraction of sp³-hybridized carbons (Fsp3) is 0.400. The van der Waals surface area contributed by atoms with Gasteiger partial charge in [0.15, 0.2) is 11.0 Å². The predicted molar refractivity (Wildman–Crippen MR) is 83.7 cm³/mol. The van der Waals surface area contributed by atoms with Crippen molar-refractivity contribution < 1.29 is 8.83 Å². The number of aromatic nitrogens is 4. The number of oxazole rings is 1. The molecule has 0 spiro atoms. The molecule has 7 heteroatoms. The SMILES string of the molecule is CCn1c(SCc2nc(C)c(C)o2)nnc1-c1ccoc1C. The molecule has 0 saturated carbocycles. The van der Waals surface area contributed by atoms with Crippen molar-refractivity contribution in [2.75, 3.05) is 0 Å². The molecule has 3 aromatic rings. The van der Waals surface area contributed by atoms with Gasteiger partial charge in [-0.3, -0.25) is 0 Å². The third-order valence-electron chi connectivity index (χ3n) is 3.53. The minimum atomic E-state index is 0.636. The molecule has 0 amide bonds. The van der Waals surface area contributed by atoms with Gasteiger partial charge in [0.25, 0.3) is 0 Å². The topological polar surface area (TPSA) is 69.9 Å². The number of hydrogen-bond acceptors (Lipinski definition) is 6. The van der Waals surface area contributed by atoms with E-state index in [-0.39, 0.29) is 0 Å². The first kappa shape index (κ1) is 14.9. The molecule has 0 aliphatic heterocycles. The largest absolute Gasteiger partial charge is 0.469 e. The second-order valence-electron chi connectivity index (χ2n) is 4.98. The van der Waals surface area contributed by atoms with E-state index in [4.69, 9.17) is 8.83 Å². The molecule has 22 heavy (non-hydrogen) atoms. The lowest BCUT2D eigenvalue weighted by atomic mass is 10.2. The van der Waals surface area contributed by atoms with Gasteiger partial charge in [-0.05, 0) is 33.8 Å². The van der Waals surface area contributed by atoms with Gasteiger partial charge in [-0.1, -0.05) is 11.8 Å². The molecule has 3 rings (SSSR count). The summed E-state index contributed by atoms with van der Waals surface area (Å²) in [4.78, 5) is 4.39. The van der Waals surface area contributed by atoms with E-state index in [0.717, 1.165) is 40.3 Å². The van der Waals surface area contributed by atoms with Crippen LogP contribution in [-0.2, 0) is 12.3 Å². The Morgan fingerprint density at radius 2 is 2.00 bits per heavy atom. The first-order valence-electron chi connectivity index (χ1n) is 7.13. The van der Waals surface area contributed by atoms with Crippen molar-refractivity contribution in [3.63, 3.8) is 0 Å². The van der Waals surface area contributed by atoms with E-state index in [2.05, 4.69) is 26.7 Å². The zero-order valence-corrected chi connectivity index (χ0v) is 13.9. The van der Waals surface area contributed by atoms with Crippen LogP contribution in [0.15, 0.2) is 26.3 Å². The number of thioether (sulfide) groups is 1. The van der Waals surface area contributed by atoms with Gasteiger partial charge in [0.1, 0.15) is 11.5 Å². The zero-order chi connectivity index (χ0) is 15.7. The Morgan fingerprint density at radius 1 is 1.18 bits per heavy atom. The average molecular weight is 318 g/mol. The molecule has 3 aromatic heterocycles. The minimum absolute atomic E-state index is 0.636. The molecule has 0 N–H and O–H groups in total. The highest BCUT2D eigenvalue weighted by atomic mass is 32.2. The molecule has 0 radical (unpaired) electrons. The van der Waals surface area contributed by atoms with Crippen molar-refractivity contribution in [1.29, 1.82) is 0 Å². The van der Waals surface area contributed by atoms with Gasteiger partial charge in [-0.2, -0.15) is 0 Å². The predicted octanol–water partition coefficient (Wildman–Crippen LogP) is 3.76. The van der Waals surface area contributed by atoms with Crippen LogP contribution >= 0.6 is 11.8 Å². The highest BCUT2D eigenvalue weighted by molar-refractivity contribution is 7.98. The first-order chi connectivity index (χ1) is 10.6. The number of aryl methyl sites for hydroxylation is 3. The molecule has 3 heterocycles. The number of furan rings is 1. The highest BCUT2D eigenvalue weighted by Gasteiger charge is 2.17. The summed E-state index contributed by atoms with van der Waals surface area (Å²) in [6.45, 7) is 8.66. The molecular weight excluding hydrogens is 300 g/mol. The second-order valence-corrected chi connectivity index (χ2v) is 5.92. The monoisotopic (exact) mass is 318 g/mol. The van der Waals surface area contributed by atoms with Gasteiger partial charge in [-0.15, -0.1) is 10.2 Å². The smallest absolute Gasteiger partial charge is 0.205 e. The van der Waals surface area contributed by atoms with Crippen molar-refractivity contribution in [2.45, 2.75) is 45.1 Å². The lowest BCUT2D eigenvalue weighted by Crippen LogP contribution is -2.00. The quantitative estimate of drug-likeness (QED) is 0.667. The third-order valence-corrected chi connectivity index (χ3v) is 4.48. The first-order valence-corrected chi connectivity index (χ1v) is 8.12. The summed E-state index contributed by atoms with van der Waals surface area (Å²) < 4.78 is 13.0. The van der Waals surface area contributed by atoms with Crippen LogP contribution in [0.5, 0.6) is 0 Å². The van der Waals surface area contributed by atoms with E-state index >= 15 is 0 Å². The lowest BCUT2D eigenvalue weighted by Gasteiger charge is -2.05. The number of hydrogen-bond donors (Lipinski definition) is 0. The van der Waals surface area contributed by atoms with Crippen LogP contribution in [0.3, 0.4) is 0 Å². The summed E-state index contributed by atoms with van der Waals surface area (Å²) in [5.41, 5.74) is 1.91. The molecular formula is C15H18N4O2S. The standard InChI is InChI=1S/C15H18N4O2S/c1-5-19-14(12-6-7-20-11(12)4)17-18-15(19)22-8-13-16-9(2)10(3)21-13/h6-7H,5,8H2,1-4H3. The second kappa shape index (κ2) is 6.00. The van der Waals surface area contributed by atoms with Crippen molar-refractivity contribution >= 4 is 11.8 Å². The van der Waals surface area contributed by atoms with E-state index in [9.17, 15) is 0 Å². The van der Waals surface area contributed by atoms with Gasteiger partial charge in [0.2, 0.25) is 5.89 Å². The van der Waals surface area contributed by atoms with Crippen molar-refractivity contribution in [1.82, 2.24) is 19.7 Å². The Labute approximate surface area is 132 Å². The van der Waals surface area contributed by atoms with Crippen LogP contribution in [0.4, 0.5) is 0 Å². The van der Waals surface area contributed by atoms with Gasteiger partial charge < -0.3 is 13.4 Å². The summed E-state index contributed by atoms with van der Waals surface area (Å²) >= 11 is 1.57. The van der Waals surface area contributed by atoms with Crippen LogP contribution in [0.2, 0.25) is 0 Å². The third kappa shape index (κ3) is 2.68. The molecule has 0 fully saturated rings. The Hall–Kier alpha value is -2.02. The molecule has 116 valence electrons. The summed E-state index contributed by atoms with van der Waals surface area (Å²) in [7, 11) is 0. The average Bonchev–Trinajstić information content (AvgIpc) is 3.16. The van der Waals surface area contributed by atoms with E-state index in [1.165, 1.54) is 0 Å². The fourth-order valence-corrected chi connectivity index (χ4v) is 3.07. The molecule has 0 aliphatic rings. The van der Waals surface area contributed by atoms with Crippen LogP contribution < -0.4 is 0 Å². The molecule has 0 unspecified atom stereocenters. The maximum atomic E-state index is 5.60. The van der Waals surface area contributed by atoms with Crippen molar-refractivity contribution in [3.8, 4) is 11.4 Å².